The van der Waals surface area contributed by atoms with Gasteiger partial charge in [0, 0.05) is 17.2 Å². The van der Waals surface area contributed by atoms with Gasteiger partial charge in [0.05, 0.1) is 14.1 Å². The lowest BCUT2D eigenvalue weighted by molar-refractivity contribution is 0.388. The predicted molar refractivity (Wildman–Crippen MR) is 83.4 cm³/mol. The highest BCUT2D eigenvalue weighted by atomic mass is 15.3. The lowest BCUT2D eigenvalue weighted by atomic mass is 9.85. The Morgan fingerprint density at radius 2 is 1.63 bits per heavy atom. The van der Waals surface area contributed by atoms with Crippen LogP contribution in [-0.4, -0.2) is 14.1 Å². The molecule has 2 aromatic rings. The van der Waals surface area contributed by atoms with E-state index in [1.807, 2.05) is 0 Å². The highest BCUT2D eigenvalue weighted by Gasteiger charge is 2.33. The van der Waals surface area contributed by atoms with Gasteiger partial charge >= 0.3 is 0 Å². The van der Waals surface area contributed by atoms with Crippen LogP contribution in [0.25, 0.3) is 11.1 Å². The minimum atomic E-state index is 0.939. The van der Waals surface area contributed by atoms with Gasteiger partial charge in [-0.1, -0.05) is 24.3 Å². The Balaban J connectivity index is 2.43. The van der Waals surface area contributed by atoms with Gasteiger partial charge in [-0.3, -0.25) is 4.48 Å². The van der Waals surface area contributed by atoms with Crippen molar-refractivity contribution in [1.29, 1.82) is 0 Å². The van der Waals surface area contributed by atoms with Crippen LogP contribution < -0.4 is 4.48 Å². The van der Waals surface area contributed by atoms with Gasteiger partial charge in [-0.05, 0) is 43.0 Å². The molecule has 19 heavy (non-hydrogen) atoms. The molecule has 0 saturated heterocycles. The van der Waals surface area contributed by atoms with E-state index in [1.54, 1.807) is 0 Å². The van der Waals surface area contributed by atoms with Gasteiger partial charge in [0.15, 0.2) is 0 Å². The van der Waals surface area contributed by atoms with Crippen molar-refractivity contribution >= 4 is 5.69 Å². The molecule has 0 radical (unpaired) electrons. The molecule has 0 aliphatic carbocycles. The molecule has 0 fully saturated rings. The molecule has 98 valence electrons. The Bertz CT molecular complexity index is 666. The number of quaternary nitrogens is 1. The molecular formula is C18H22N+. The van der Waals surface area contributed by atoms with Crippen LogP contribution in [0.3, 0.4) is 0 Å². The Hall–Kier alpha value is -1.60. The van der Waals surface area contributed by atoms with Crippen LogP contribution >= 0.6 is 0 Å². The highest BCUT2D eigenvalue weighted by Crippen LogP contribution is 2.45. The molecular weight excluding hydrogens is 230 g/mol. The summed E-state index contributed by atoms with van der Waals surface area (Å²) in [5.41, 5.74) is 10.0. The number of fused-ring (bicyclic) bond motifs is 3. The minimum absolute atomic E-state index is 0.939. The zero-order valence-electron chi connectivity index (χ0n) is 12.5. The third kappa shape index (κ3) is 1.81. The van der Waals surface area contributed by atoms with Gasteiger partial charge in [0.1, 0.15) is 12.2 Å². The van der Waals surface area contributed by atoms with Gasteiger partial charge in [-0.15, -0.1) is 0 Å². The molecule has 0 amide bonds. The lowest BCUT2D eigenvalue weighted by Crippen LogP contribution is -2.42. The zero-order valence-corrected chi connectivity index (χ0v) is 12.5. The van der Waals surface area contributed by atoms with Crippen molar-refractivity contribution in [2.45, 2.75) is 27.3 Å². The molecule has 1 heterocycles. The fraction of sp³-hybridized carbons (Fsp3) is 0.333. The highest BCUT2D eigenvalue weighted by molar-refractivity contribution is 5.86. The van der Waals surface area contributed by atoms with E-state index in [-0.39, 0.29) is 0 Å². The lowest BCUT2D eigenvalue weighted by Gasteiger charge is -2.37. The third-order valence-electron chi connectivity index (χ3n) is 4.29. The molecule has 0 bridgehead atoms. The summed E-state index contributed by atoms with van der Waals surface area (Å²) in [5, 5.41) is 0. The van der Waals surface area contributed by atoms with E-state index in [2.05, 4.69) is 65.2 Å². The Morgan fingerprint density at radius 3 is 2.37 bits per heavy atom. The van der Waals surface area contributed by atoms with E-state index in [1.165, 1.54) is 39.1 Å². The maximum absolute atomic E-state index is 2.36. The number of hydrogen-bond acceptors (Lipinski definition) is 0. The van der Waals surface area contributed by atoms with Gasteiger partial charge in [0.25, 0.3) is 0 Å². The number of hydrogen-bond donors (Lipinski definition) is 0. The zero-order chi connectivity index (χ0) is 13.8. The van der Waals surface area contributed by atoms with E-state index in [0.717, 1.165) is 11.0 Å². The molecule has 1 aliphatic heterocycles. The second-order valence-corrected chi connectivity index (χ2v) is 6.43. The van der Waals surface area contributed by atoms with Crippen LogP contribution in [0.15, 0.2) is 30.3 Å². The Labute approximate surface area is 116 Å². The van der Waals surface area contributed by atoms with Crippen LogP contribution in [0.4, 0.5) is 5.69 Å². The average Bonchev–Trinajstić information content (AvgIpc) is 2.29. The van der Waals surface area contributed by atoms with Crippen LogP contribution in [0.2, 0.25) is 0 Å². The minimum Gasteiger partial charge on any atom is -0.292 e. The van der Waals surface area contributed by atoms with Crippen LogP contribution in [0.1, 0.15) is 22.3 Å². The summed E-state index contributed by atoms with van der Waals surface area (Å²) in [6.45, 7) is 7.74. The first-order chi connectivity index (χ1) is 8.90. The van der Waals surface area contributed by atoms with Crippen molar-refractivity contribution in [3.05, 3.63) is 52.6 Å². The molecule has 1 aliphatic rings. The van der Waals surface area contributed by atoms with Crippen LogP contribution in [0.5, 0.6) is 0 Å². The number of rotatable bonds is 0. The van der Waals surface area contributed by atoms with Crippen molar-refractivity contribution in [3.8, 4) is 11.1 Å². The summed E-state index contributed by atoms with van der Waals surface area (Å²) in [6.07, 6.45) is 0. The average molecular weight is 252 g/mol. The second-order valence-electron chi connectivity index (χ2n) is 6.43. The molecule has 3 rings (SSSR count). The maximum Gasteiger partial charge on any atom is 0.141 e. The van der Waals surface area contributed by atoms with E-state index in [9.17, 15) is 0 Å². The predicted octanol–water partition coefficient (Wildman–Crippen LogP) is 4.36. The van der Waals surface area contributed by atoms with Crippen LogP contribution in [-0.2, 0) is 6.54 Å². The quantitative estimate of drug-likeness (QED) is 0.611. The van der Waals surface area contributed by atoms with Crippen molar-refractivity contribution in [1.82, 2.24) is 4.48 Å². The van der Waals surface area contributed by atoms with Crippen molar-refractivity contribution < 1.29 is 0 Å². The molecule has 1 heteroatoms. The monoisotopic (exact) mass is 252 g/mol. The van der Waals surface area contributed by atoms with Gasteiger partial charge in [-0.2, -0.15) is 0 Å². The molecule has 1 nitrogen and oxygen atoms in total. The fourth-order valence-corrected chi connectivity index (χ4v) is 3.48. The molecule has 0 aromatic heterocycles. The summed E-state index contributed by atoms with van der Waals surface area (Å²) in [7, 11) is 4.62. The van der Waals surface area contributed by atoms with Crippen LogP contribution in [0, 0.1) is 20.8 Å². The summed E-state index contributed by atoms with van der Waals surface area (Å²) >= 11 is 0. The standard InChI is InChI=1S/C18H22N/c1-12-9-14(3)18-16(10-12)19(4,5)11-15-8-6-7-13(2)17(15)18/h6-10H,11H2,1-5H3/q+1. The third-order valence-corrected chi connectivity index (χ3v) is 4.29. The van der Waals surface area contributed by atoms with E-state index in [0.29, 0.717) is 0 Å². The number of aryl methyl sites for hydroxylation is 3. The molecule has 0 saturated carbocycles. The summed E-state index contributed by atoms with van der Waals surface area (Å²) < 4.78 is 0.939. The van der Waals surface area contributed by atoms with Gasteiger partial charge < -0.3 is 0 Å². The van der Waals surface area contributed by atoms with Crippen molar-refractivity contribution in [3.63, 3.8) is 0 Å². The van der Waals surface area contributed by atoms with E-state index >= 15 is 0 Å². The first-order valence-electron chi connectivity index (χ1n) is 6.94. The van der Waals surface area contributed by atoms with E-state index in [4.69, 9.17) is 0 Å². The van der Waals surface area contributed by atoms with Crippen molar-refractivity contribution in [2.75, 3.05) is 14.1 Å². The maximum atomic E-state index is 2.36. The molecule has 0 atom stereocenters. The molecule has 2 aromatic carbocycles. The first-order valence-corrected chi connectivity index (χ1v) is 6.94. The molecule has 0 unspecified atom stereocenters. The van der Waals surface area contributed by atoms with Crippen molar-refractivity contribution in [2.24, 2.45) is 0 Å². The van der Waals surface area contributed by atoms with Gasteiger partial charge in [-0.25, -0.2) is 0 Å². The largest absolute Gasteiger partial charge is 0.292 e. The summed E-state index contributed by atoms with van der Waals surface area (Å²) in [5.74, 6) is 0. The second kappa shape index (κ2) is 3.94. The smallest absolute Gasteiger partial charge is 0.141 e. The molecule has 0 spiro atoms. The SMILES string of the molecule is Cc1cc(C)c2c(c1)[N+](C)(C)Cc1cccc(C)c1-2. The van der Waals surface area contributed by atoms with E-state index < -0.39 is 0 Å². The normalized spacial score (nSPS) is 15.8. The summed E-state index contributed by atoms with van der Waals surface area (Å²) in [4.78, 5) is 0. The fourth-order valence-electron chi connectivity index (χ4n) is 3.48. The number of nitrogens with zero attached hydrogens (tertiary/aromatic N) is 1. The van der Waals surface area contributed by atoms with Gasteiger partial charge in [0.2, 0.25) is 0 Å². The summed E-state index contributed by atoms with van der Waals surface area (Å²) in [6, 6.07) is 11.4. The molecule has 0 N–H and O–H groups in total. The topological polar surface area (TPSA) is 0 Å². The Morgan fingerprint density at radius 1 is 0.895 bits per heavy atom. The Kier molecular flexibility index (Phi) is 2.58. The first kappa shape index (κ1) is 12.4. The number of benzene rings is 2.